The lowest BCUT2D eigenvalue weighted by atomic mass is 9.80. The van der Waals surface area contributed by atoms with Gasteiger partial charge in [-0.3, -0.25) is 15.8 Å². The molecule has 1 aromatic carbocycles. The second-order valence-electron chi connectivity index (χ2n) is 8.87. The molecule has 0 spiro atoms. The van der Waals surface area contributed by atoms with Crippen LogP contribution in [0.4, 0.5) is 13.2 Å². The van der Waals surface area contributed by atoms with Gasteiger partial charge in [0.2, 0.25) is 0 Å². The molecular weight excluding hydrogens is 467 g/mol. The molecule has 0 saturated heterocycles. The zero-order valence-corrected chi connectivity index (χ0v) is 19.3. The van der Waals surface area contributed by atoms with Crippen LogP contribution in [0.1, 0.15) is 44.1 Å². The normalized spacial score (nSPS) is 26.0. The van der Waals surface area contributed by atoms with E-state index in [9.17, 15) is 23.3 Å². The summed E-state index contributed by atoms with van der Waals surface area (Å²) in [6, 6.07) is 6.05. The summed E-state index contributed by atoms with van der Waals surface area (Å²) in [6.07, 6.45) is 1.21. The van der Waals surface area contributed by atoms with Crippen molar-refractivity contribution in [2.24, 2.45) is 22.4 Å². The Morgan fingerprint density at radius 1 is 1.26 bits per heavy atom. The van der Waals surface area contributed by atoms with Crippen molar-refractivity contribution in [2.45, 2.75) is 63.1 Å². The largest absolute Gasteiger partial charge is 0.573 e. The maximum absolute atomic E-state index is 12.7. The molecule has 1 aliphatic carbocycles. The maximum Gasteiger partial charge on any atom is 0.573 e. The van der Waals surface area contributed by atoms with Gasteiger partial charge in [0.25, 0.3) is 0 Å². The first-order chi connectivity index (χ1) is 16.6. The molecule has 0 radical (unpaired) electrons. The highest BCUT2D eigenvalue weighted by Gasteiger charge is 2.44. The van der Waals surface area contributed by atoms with E-state index in [2.05, 4.69) is 25.7 Å². The SMILES string of the molecule is NCCCNC1CCC(CC2(N)NC(=NCc3ccccc3OC(F)(F)F)NC=C2[N+](=O)[O-])CC1. The van der Waals surface area contributed by atoms with Gasteiger partial charge in [0.1, 0.15) is 5.75 Å². The third kappa shape index (κ3) is 7.80. The number of hydrogen-bond acceptors (Lipinski definition) is 7. The fourth-order valence-electron chi connectivity index (χ4n) is 4.49. The average Bonchev–Trinajstić information content (AvgIpc) is 2.78. The van der Waals surface area contributed by atoms with E-state index in [1.165, 1.54) is 24.4 Å². The molecule has 0 aromatic heterocycles. The van der Waals surface area contributed by atoms with Crippen LogP contribution in [0.3, 0.4) is 0 Å². The van der Waals surface area contributed by atoms with Crippen LogP contribution in [0.15, 0.2) is 41.2 Å². The summed E-state index contributed by atoms with van der Waals surface area (Å²) in [5.41, 5.74) is 10.5. The Labute approximate surface area is 201 Å². The van der Waals surface area contributed by atoms with E-state index in [0.29, 0.717) is 19.0 Å². The van der Waals surface area contributed by atoms with Gasteiger partial charge in [-0.1, -0.05) is 18.2 Å². The molecule has 13 heteroatoms. The van der Waals surface area contributed by atoms with E-state index >= 15 is 0 Å². The van der Waals surface area contributed by atoms with Gasteiger partial charge in [0, 0.05) is 11.6 Å². The van der Waals surface area contributed by atoms with E-state index in [4.69, 9.17) is 11.5 Å². The Morgan fingerprint density at radius 2 is 1.97 bits per heavy atom. The molecule has 1 heterocycles. The van der Waals surface area contributed by atoms with Crippen molar-refractivity contribution < 1.29 is 22.8 Å². The van der Waals surface area contributed by atoms with E-state index < -0.39 is 16.9 Å². The molecule has 194 valence electrons. The van der Waals surface area contributed by atoms with Gasteiger partial charge < -0.3 is 26.4 Å². The average molecular weight is 500 g/mol. The highest BCUT2D eigenvalue weighted by Crippen LogP contribution is 2.33. The number of nitrogens with zero attached hydrogens (tertiary/aromatic N) is 2. The Kier molecular flexibility index (Phi) is 8.92. The number of alkyl halides is 3. The van der Waals surface area contributed by atoms with E-state index in [-0.39, 0.29) is 35.4 Å². The summed E-state index contributed by atoms with van der Waals surface area (Å²) >= 11 is 0. The maximum atomic E-state index is 12.7. The van der Waals surface area contributed by atoms with Gasteiger partial charge in [0.05, 0.1) is 17.7 Å². The summed E-state index contributed by atoms with van der Waals surface area (Å²) in [5.74, 6) is -0.0572. The summed E-state index contributed by atoms with van der Waals surface area (Å²) in [7, 11) is 0. The van der Waals surface area contributed by atoms with Gasteiger partial charge in [0.15, 0.2) is 11.6 Å². The summed E-state index contributed by atoms with van der Waals surface area (Å²) in [6.45, 7) is 1.35. The molecule has 10 nitrogen and oxygen atoms in total. The van der Waals surface area contributed by atoms with Crippen molar-refractivity contribution in [3.63, 3.8) is 0 Å². The molecule has 0 amide bonds. The first kappa shape index (κ1) is 26.7. The first-order valence-electron chi connectivity index (χ1n) is 11.6. The second kappa shape index (κ2) is 11.7. The second-order valence-corrected chi connectivity index (χ2v) is 8.87. The molecule has 3 rings (SSSR count). The number of guanidine groups is 1. The smallest absolute Gasteiger partial charge is 0.405 e. The van der Waals surface area contributed by atoms with Crippen molar-refractivity contribution >= 4 is 5.96 Å². The number of halogens is 3. The molecule has 1 saturated carbocycles. The molecule has 1 aromatic rings. The van der Waals surface area contributed by atoms with Crippen LogP contribution in [-0.2, 0) is 6.54 Å². The van der Waals surface area contributed by atoms with Gasteiger partial charge in [-0.05, 0) is 63.6 Å². The van der Waals surface area contributed by atoms with Crippen molar-refractivity contribution in [3.05, 3.63) is 51.8 Å². The number of benzene rings is 1. The Balaban J connectivity index is 1.67. The fraction of sp³-hybridized carbons (Fsp3) is 0.591. The van der Waals surface area contributed by atoms with Gasteiger partial charge in [-0.25, -0.2) is 4.99 Å². The van der Waals surface area contributed by atoms with Crippen LogP contribution in [-0.4, -0.2) is 42.0 Å². The molecule has 1 atom stereocenters. The topological polar surface area (TPSA) is 153 Å². The molecule has 1 unspecified atom stereocenters. The number of nitrogens with one attached hydrogen (secondary N) is 3. The number of aliphatic imine (C=N–C) groups is 1. The zero-order valence-electron chi connectivity index (χ0n) is 19.3. The highest BCUT2D eigenvalue weighted by molar-refractivity contribution is 5.83. The quantitative estimate of drug-likeness (QED) is 0.187. The van der Waals surface area contributed by atoms with E-state index in [0.717, 1.165) is 38.6 Å². The number of ether oxygens (including phenoxy) is 1. The van der Waals surface area contributed by atoms with Crippen molar-refractivity contribution in [2.75, 3.05) is 13.1 Å². The zero-order chi connectivity index (χ0) is 25.5. The Bertz CT molecular complexity index is 933. The van der Waals surface area contributed by atoms with E-state index in [1.54, 1.807) is 6.07 Å². The van der Waals surface area contributed by atoms with E-state index in [1.807, 2.05) is 0 Å². The molecule has 7 N–H and O–H groups in total. The number of para-hydroxylation sites is 1. The minimum absolute atomic E-state index is 0.136. The molecule has 1 aliphatic heterocycles. The predicted molar refractivity (Wildman–Crippen MR) is 125 cm³/mol. The number of hydrogen-bond donors (Lipinski definition) is 5. The monoisotopic (exact) mass is 499 g/mol. The van der Waals surface area contributed by atoms with Crippen molar-refractivity contribution in [3.8, 4) is 5.75 Å². The van der Waals surface area contributed by atoms with Crippen LogP contribution < -0.4 is 32.2 Å². The molecule has 0 bridgehead atoms. The van der Waals surface area contributed by atoms with Crippen LogP contribution in [0.5, 0.6) is 5.75 Å². The Hall–Kier alpha value is -2.90. The molecule has 1 fully saturated rings. The van der Waals surface area contributed by atoms with Gasteiger partial charge in [-0.2, -0.15) is 0 Å². The molecular formula is C22H32F3N7O3. The third-order valence-electron chi connectivity index (χ3n) is 6.22. The predicted octanol–water partition coefficient (Wildman–Crippen LogP) is 2.29. The summed E-state index contributed by atoms with van der Waals surface area (Å²) < 4.78 is 42.1. The molecule has 35 heavy (non-hydrogen) atoms. The van der Waals surface area contributed by atoms with Crippen molar-refractivity contribution in [1.82, 2.24) is 16.0 Å². The van der Waals surface area contributed by atoms with Crippen molar-refractivity contribution in [1.29, 1.82) is 0 Å². The van der Waals surface area contributed by atoms with Crippen LogP contribution >= 0.6 is 0 Å². The number of nitro groups is 1. The fourth-order valence-corrected chi connectivity index (χ4v) is 4.49. The number of rotatable bonds is 10. The number of nitrogens with two attached hydrogens (primary N) is 2. The highest BCUT2D eigenvalue weighted by atomic mass is 19.4. The minimum Gasteiger partial charge on any atom is -0.405 e. The van der Waals surface area contributed by atoms with Gasteiger partial charge >= 0.3 is 12.1 Å². The van der Waals surface area contributed by atoms with Crippen LogP contribution in [0.2, 0.25) is 0 Å². The Morgan fingerprint density at radius 3 is 2.63 bits per heavy atom. The third-order valence-corrected chi connectivity index (χ3v) is 6.22. The van der Waals surface area contributed by atoms with Gasteiger partial charge in [-0.15, -0.1) is 13.2 Å². The summed E-state index contributed by atoms with van der Waals surface area (Å²) in [4.78, 5) is 15.4. The van der Waals surface area contributed by atoms with Crippen LogP contribution in [0.25, 0.3) is 0 Å². The lowest BCUT2D eigenvalue weighted by Gasteiger charge is -2.37. The van der Waals surface area contributed by atoms with Crippen LogP contribution in [0, 0.1) is 16.0 Å². The first-order valence-corrected chi connectivity index (χ1v) is 11.6. The molecule has 2 aliphatic rings. The standard InChI is InChI=1S/C22H32F3N7O3/c23-22(24,25)35-18-5-2-1-4-16(18)13-29-20-30-14-19(32(33)34)21(27,31-20)12-15-6-8-17(9-7-15)28-11-3-10-26/h1-2,4-5,14-15,17,28H,3,6-13,26-27H2,(H2,29,30,31). The lowest BCUT2D eigenvalue weighted by molar-refractivity contribution is -0.437. The lowest BCUT2D eigenvalue weighted by Crippen LogP contribution is -2.64. The summed E-state index contributed by atoms with van der Waals surface area (Å²) in [5, 5.41) is 20.8. The minimum atomic E-state index is -4.83.